The van der Waals surface area contributed by atoms with E-state index in [0.29, 0.717) is 54.2 Å². The summed E-state index contributed by atoms with van der Waals surface area (Å²) >= 11 is 1.32. The highest BCUT2D eigenvalue weighted by atomic mass is 32.2. The van der Waals surface area contributed by atoms with E-state index < -0.39 is 0 Å². The van der Waals surface area contributed by atoms with E-state index in [0.717, 1.165) is 25.1 Å². The van der Waals surface area contributed by atoms with Crippen LogP contribution in [0.2, 0.25) is 0 Å². The fraction of sp³-hybridized carbons (Fsp3) is 0.360. The molecular formula is C25H26FN3O3S. The van der Waals surface area contributed by atoms with Crippen LogP contribution >= 0.6 is 11.8 Å². The van der Waals surface area contributed by atoms with Crippen LogP contribution in [0.1, 0.15) is 18.4 Å². The standard InChI is InChI=1S/C25H26FN3O3S/c26-21-15-18(8-9-22(21)28-10-13-31-14-11-28)16-23-24(30)29(17-20-7-4-12-32-20)25(33-23)27-19-5-2-1-3-6-19/h1-3,5-6,8-9,15-16,20H,4,7,10-14,17H2/b23-16-,27-25?/t20-/m1/s1. The van der Waals surface area contributed by atoms with Gasteiger partial charge in [0.15, 0.2) is 5.17 Å². The molecule has 1 atom stereocenters. The van der Waals surface area contributed by atoms with Crippen molar-refractivity contribution in [3.63, 3.8) is 0 Å². The molecule has 3 aliphatic rings. The lowest BCUT2D eigenvalue weighted by atomic mass is 10.1. The number of hydrogen-bond acceptors (Lipinski definition) is 6. The molecular weight excluding hydrogens is 441 g/mol. The zero-order valence-electron chi connectivity index (χ0n) is 18.3. The molecule has 3 fully saturated rings. The lowest BCUT2D eigenvalue weighted by Crippen LogP contribution is -2.36. The first kappa shape index (κ1) is 22.1. The molecule has 2 aromatic rings. The van der Waals surface area contributed by atoms with Crippen molar-refractivity contribution in [2.45, 2.75) is 18.9 Å². The number of anilines is 1. The summed E-state index contributed by atoms with van der Waals surface area (Å²) in [6, 6.07) is 14.7. The average Bonchev–Trinajstić information content (AvgIpc) is 3.45. The first-order valence-electron chi connectivity index (χ1n) is 11.3. The molecule has 0 N–H and O–H groups in total. The van der Waals surface area contributed by atoms with Crippen LogP contribution in [0.25, 0.3) is 6.08 Å². The van der Waals surface area contributed by atoms with Crippen molar-refractivity contribution in [3.8, 4) is 0 Å². The molecule has 0 aromatic heterocycles. The second-order valence-electron chi connectivity index (χ2n) is 8.20. The van der Waals surface area contributed by atoms with Gasteiger partial charge in [0.05, 0.1) is 42.1 Å². The molecule has 0 unspecified atom stereocenters. The van der Waals surface area contributed by atoms with Crippen LogP contribution in [0.5, 0.6) is 0 Å². The number of ether oxygens (including phenoxy) is 2. The van der Waals surface area contributed by atoms with E-state index in [4.69, 9.17) is 14.5 Å². The van der Waals surface area contributed by atoms with Gasteiger partial charge in [0.1, 0.15) is 5.82 Å². The summed E-state index contributed by atoms with van der Waals surface area (Å²) in [6.07, 6.45) is 3.69. The van der Waals surface area contributed by atoms with Crippen LogP contribution < -0.4 is 4.90 Å². The number of aliphatic imine (C=N–C) groups is 1. The van der Waals surface area contributed by atoms with E-state index >= 15 is 0 Å². The molecule has 0 bridgehead atoms. The normalized spacial score (nSPS) is 23.8. The van der Waals surface area contributed by atoms with Gasteiger partial charge in [0, 0.05) is 19.7 Å². The minimum atomic E-state index is -0.295. The Bertz CT molecular complexity index is 1060. The van der Waals surface area contributed by atoms with Crippen LogP contribution in [-0.4, -0.2) is 61.5 Å². The van der Waals surface area contributed by atoms with Crippen molar-refractivity contribution in [3.05, 3.63) is 64.8 Å². The molecule has 0 aliphatic carbocycles. The fourth-order valence-electron chi connectivity index (χ4n) is 4.18. The Balaban J connectivity index is 1.40. The number of amidine groups is 1. The SMILES string of the molecule is O=C1/C(=C/c2ccc(N3CCOCC3)c(F)c2)SC(=Nc2ccccc2)N1C[C@H]1CCCO1. The molecule has 3 heterocycles. The molecule has 0 spiro atoms. The maximum Gasteiger partial charge on any atom is 0.266 e. The van der Waals surface area contributed by atoms with Gasteiger partial charge in [-0.2, -0.15) is 0 Å². The number of benzene rings is 2. The Morgan fingerprint density at radius 1 is 1.12 bits per heavy atom. The van der Waals surface area contributed by atoms with Gasteiger partial charge in [0.25, 0.3) is 5.91 Å². The van der Waals surface area contributed by atoms with E-state index in [2.05, 4.69) is 0 Å². The maximum absolute atomic E-state index is 14.9. The second-order valence-corrected chi connectivity index (χ2v) is 9.21. The third-order valence-corrected chi connectivity index (χ3v) is 6.91. The highest BCUT2D eigenvalue weighted by Crippen LogP contribution is 2.35. The van der Waals surface area contributed by atoms with Gasteiger partial charge >= 0.3 is 0 Å². The van der Waals surface area contributed by atoms with Crippen molar-refractivity contribution in [1.29, 1.82) is 0 Å². The largest absolute Gasteiger partial charge is 0.378 e. The minimum absolute atomic E-state index is 0.0140. The number of carbonyl (C=O) groups is 1. The van der Waals surface area contributed by atoms with Crippen molar-refractivity contribution >= 4 is 40.3 Å². The van der Waals surface area contributed by atoms with Crippen molar-refractivity contribution in [2.75, 3.05) is 44.4 Å². The van der Waals surface area contributed by atoms with Crippen LogP contribution in [0.15, 0.2) is 58.4 Å². The number of rotatable bonds is 5. The van der Waals surface area contributed by atoms with Crippen LogP contribution in [0, 0.1) is 5.82 Å². The monoisotopic (exact) mass is 467 g/mol. The zero-order valence-corrected chi connectivity index (χ0v) is 19.1. The summed E-state index contributed by atoms with van der Waals surface area (Å²) in [7, 11) is 0. The smallest absolute Gasteiger partial charge is 0.266 e. The summed E-state index contributed by atoms with van der Waals surface area (Å²) < 4.78 is 26.0. The Labute approximate surface area is 197 Å². The summed E-state index contributed by atoms with van der Waals surface area (Å²) in [5, 5.41) is 0.623. The van der Waals surface area contributed by atoms with Crippen molar-refractivity contribution in [2.24, 2.45) is 4.99 Å². The lowest BCUT2D eigenvalue weighted by Gasteiger charge is -2.29. The molecule has 5 rings (SSSR count). The lowest BCUT2D eigenvalue weighted by molar-refractivity contribution is -0.123. The van der Waals surface area contributed by atoms with Crippen LogP contribution in [-0.2, 0) is 14.3 Å². The molecule has 33 heavy (non-hydrogen) atoms. The number of thioether (sulfide) groups is 1. The first-order chi connectivity index (χ1) is 16.2. The van der Waals surface area contributed by atoms with E-state index in [1.807, 2.05) is 41.3 Å². The summed E-state index contributed by atoms with van der Waals surface area (Å²) in [6.45, 7) is 3.73. The van der Waals surface area contributed by atoms with E-state index in [1.165, 1.54) is 17.8 Å². The zero-order chi connectivity index (χ0) is 22.6. The van der Waals surface area contributed by atoms with Gasteiger partial charge in [-0.1, -0.05) is 24.3 Å². The van der Waals surface area contributed by atoms with Crippen LogP contribution in [0.4, 0.5) is 15.8 Å². The molecule has 3 saturated heterocycles. The van der Waals surface area contributed by atoms with Crippen molar-refractivity contribution in [1.82, 2.24) is 4.90 Å². The number of carbonyl (C=O) groups excluding carboxylic acids is 1. The number of hydrogen-bond donors (Lipinski definition) is 0. The molecule has 0 radical (unpaired) electrons. The Kier molecular flexibility index (Phi) is 6.75. The van der Waals surface area contributed by atoms with Gasteiger partial charge in [-0.25, -0.2) is 9.38 Å². The van der Waals surface area contributed by atoms with Gasteiger partial charge in [0.2, 0.25) is 0 Å². The molecule has 6 nitrogen and oxygen atoms in total. The molecule has 8 heteroatoms. The molecule has 0 saturated carbocycles. The topological polar surface area (TPSA) is 54.4 Å². The molecule has 2 aromatic carbocycles. The number of para-hydroxylation sites is 1. The second kappa shape index (κ2) is 10.1. The number of amides is 1. The van der Waals surface area contributed by atoms with Gasteiger partial charge in [-0.05, 0) is 60.5 Å². The summed E-state index contributed by atoms with van der Waals surface area (Å²) in [4.78, 5) is 22.2. The van der Waals surface area contributed by atoms with E-state index in [-0.39, 0.29) is 17.8 Å². The van der Waals surface area contributed by atoms with Crippen LogP contribution in [0.3, 0.4) is 0 Å². The highest BCUT2D eigenvalue weighted by Gasteiger charge is 2.36. The average molecular weight is 468 g/mol. The Hall–Kier alpha value is -2.68. The summed E-state index contributed by atoms with van der Waals surface area (Å²) in [5.74, 6) is -0.418. The Morgan fingerprint density at radius 2 is 1.94 bits per heavy atom. The molecule has 1 amide bonds. The Morgan fingerprint density at radius 3 is 2.67 bits per heavy atom. The fourth-order valence-corrected chi connectivity index (χ4v) is 5.19. The number of morpholine rings is 1. The summed E-state index contributed by atoms with van der Waals surface area (Å²) in [5.41, 5.74) is 2.00. The predicted octanol–water partition coefficient (Wildman–Crippen LogP) is 4.45. The highest BCUT2D eigenvalue weighted by molar-refractivity contribution is 8.18. The van der Waals surface area contributed by atoms with Gasteiger partial charge in [-0.3, -0.25) is 9.69 Å². The quantitative estimate of drug-likeness (QED) is 0.609. The first-order valence-corrected chi connectivity index (χ1v) is 12.1. The predicted molar refractivity (Wildman–Crippen MR) is 129 cm³/mol. The van der Waals surface area contributed by atoms with E-state index in [9.17, 15) is 9.18 Å². The number of halogens is 1. The molecule has 172 valence electrons. The van der Waals surface area contributed by atoms with Crippen molar-refractivity contribution < 1.29 is 18.7 Å². The maximum atomic E-state index is 14.9. The molecule has 3 aliphatic heterocycles. The third-order valence-electron chi connectivity index (χ3n) is 5.90. The van der Waals surface area contributed by atoms with Gasteiger partial charge < -0.3 is 14.4 Å². The third kappa shape index (κ3) is 5.13. The van der Waals surface area contributed by atoms with E-state index in [1.54, 1.807) is 17.0 Å². The van der Waals surface area contributed by atoms with Gasteiger partial charge in [-0.15, -0.1) is 0 Å². The number of nitrogens with zero attached hydrogens (tertiary/aromatic N) is 3. The minimum Gasteiger partial charge on any atom is -0.378 e.